The number of amides is 5. The van der Waals surface area contributed by atoms with Crippen molar-refractivity contribution in [2.75, 3.05) is 145 Å². The predicted octanol–water partition coefficient (Wildman–Crippen LogP) is 6.30. The summed E-state index contributed by atoms with van der Waals surface area (Å²) >= 11 is 3.17. The van der Waals surface area contributed by atoms with E-state index < -0.39 is 71.0 Å². The lowest BCUT2D eigenvalue weighted by atomic mass is 9.85. The van der Waals surface area contributed by atoms with Crippen molar-refractivity contribution in [3.05, 3.63) is 82.1 Å². The number of likely N-dealkylation sites (tertiary alicyclic amines) is 2. The van der Waals surface area contributed by atoms with Crippen molar-refractivity contribution in [1.29, 1.82) is 0 Å². The molecule has 0 spiro atoms. The highest BCUT2D eigenvalue weighted by Gasteiger charge is 2.46. The molecule has 0 saturated carbocycles. The molecule has 2 aromatic carbocycles. The first-order valence-corrected chi connectivity index (χ1v) is 37.7. The molecule has 31 nitrogen and oxygen atoms in total. The first-order chi connectivity index (χ1) is 50.9. The number of aliphatic hydroxyl groups excluding tert-OH is 2. The highest BCUT2D eigenvalue weighted by Crippen LogP contribution is 2.32. The number of hydrogen-bond donors (Lipinski definition) is 9. The van der Waals surface area contributed by atoms with E-state index in [0.29, 0.717) is 99.1 Å². The number of thiazole rings is 2. The Morgan fingerprint density at radius 3 is 1.03 bits per heavy atom. The molecule has 0 radical (unpaired) electrons. The Morgan fingerprint density at radius 1 is 0.472 bits per heavy atom. The summed E-state index contributed by atoms with van der Waals surface area (Å²) in [5, 5.41) is 54.8. The van der Waals surface area contributed by atoms with Crippen molar-refractivity contribution in [2.45, 2.75) is 156 Å². The maximum Gasteiger partial charge on any atom is 0.305 e. The summed E-state index contributed by atoms with van der Waals surface area (Å²) in [5.74, 6) is -4.41. The zero-order chi connectivity index (χ0) is 78.9. The van der Waals surface area contributed by atoms with Crippen molar-refractivity contribution in [1.82, 2.24) is 35.7 Å². The van der Waals surface area contributed by atoms with Gasteiger partial charge in [0, 0.05) is 35.2 Å². The fourth-order valence-corrected chi connectivity index (χ4v) is 12.2. The van der Waals surface area contributed by atoms with Crippen molar-refractivity contribution in [3.8, 4) is 20.9 Å². The van der Waals surface area contributed by atoms with Crippen molar-refractivity contribution in [2.24, 2.45) is 16.6 Å². The quantitative estimate of drug-likeness (QED) is 0.0219. The Bertz CT molecular complexity index is 3270. The molecular formula is C74H119ClN8O23S2. The smallest absolute Gasteiger partial charge is 0.305 e. The van der Waals surface area contributed by atoms with E-state index in [4.69, 9.17) is 68.4 Å². The Morgan fingerprint density at radius 2 is 0.759 bits per heavy atom. The molecule has 6 rings (SSSR count). The number of ether oxygens (including phenoxy) is 10. The monoisotopic (exact) mass is 1590 g/mol. The van der Waals surface area contributed by atoms with Crippen LogP contribution in [0, 0.1) is 24.7 Å². The lowest BCUT2D eigenvalue weighted by Crippen LogP contribution is -2.58. The van der Waals surface area contributed by atoms with Gasteiger partial charge in [0.05, 0.1) is 214 Å². The van der Waals surface area contributed by atoms with Gasteiger partial charge in [-0.2, -0.15) is 0 Å². The number of β-amino-alcohol motifs (C(OH)–C–C–N with tert-alkyl or cyclic N) is 2. The molecule has 0 aliphatic carbocycles. The summed E-state index contributed by atoms with van der Waals surface area (Å²) in [6, 6.07) is 12.1. The number of aliphatic carboxylic acids is 3. The number of carbonyl (C=O) groups is 8. The second kappa shape index (κ2) is 51.7. The summed E-state index contributed by atoms with van der Waals surface area (Å²) in [6.07, 6.45) is -1.31. The van der Waals surface area contributed by atoms with Gasteiger partial charge in [0.1, 0.15) is 18.1 Å². The number of carbonyl (C=O) groups excluding carboxylic acids is 5. The zero-order valence-electron chi connectivity index (χ0n) is 63.9. The summed E-state index contributed by atoms with van der Waals surface area (Å²) in [7, 11) is 0. The van der Waals surface area contributed by atoms with Crippen LogP contribution in [-0.2, 0) is 85.7 Å². The molecule has 4 aromatic rings. The summed E-state index contributed by atoms with van der Waals surface area (Å²) < 4.78 is 52.7. The van der Waals surface area contributed by atoms with Crippen molar-refractivity contribution in [3.63, 3.8) is 0 Å². The van der Waals surface area contributed by atoms with Gasteiger partial charge < -0.3 is 104 Å². The van der Waals surface area contributed by atoms with E-state index in [0.717, 1.165) is 43.4 Å². The van der Waals surface area contributed by atoms with E-state index in [1.54, 1.807) is 22.7 Å². The van der Waals surface area contributed by atoms with Gasteiger partial charge in [-0.15, -0.1) is 35.1 Å². The number of aryl methyl sites for hydroxylation is 2. The fourth-order valence-electron chi connectivity index (χ4n) is 10.6. The summed E-state index contributed by atoms with van der Waals surface area (Å²) in [5.41, 5.74) is 14.6. The molecule has 10 N–H and O–H groups in total. The van der Waals surface area contributed by atoms with Gasteiger partial charge in [-0.05, 0) is 60.8 Å². The highest BCUT2D eigenvalue weighted by atomic mass is 35.5. The van der Waals surface area contributed by atoms with Gasteiger partial charge in [-0.1, -0.05) is 90.1 Å². The Balaban J connectivity index is 0.000000900. The standard InChI is InChI=1S/C37H56N4O11S.C23H32N4O3S.C14H26O9.ClH.2H2/c1-25(27-6-8-28(9-7-27)33-26(2)38-24-53-33)39-35(46)30-22-29(42)23-41(30)36(47)34(37(3,4)5)40-31(43)10-12-48-14-16-50-18-20-52-21-19-51-17-15-49-13-11-32(44)45;1-13(15-6-8-16(9-7-15)19-14(2)25-12-31-19)26-21(29)18-10-17(28)11-27(18)22(30)20(24)23(3,4)5;15-13(16)1-3-19-5-7-21-9-11-23-12-10-22-8-6-20-4-2-14(17)18;;;/h6-9,24-25,29-30,34,42H,10-23H2,1-5H3,(H,39,46)(H,40,43)(H,44,45);6-9,12-13,17-18,20,28H,10-11,24H2,1-5H3,(H,26,29);1-12H2,(H,15,16)(H,17,18);3*1H/t25-,29+,30-,34+;13-,17+,18-,20+;;;;/m00..../s1. The topological polar surface area (TPSA) is 424 Å². The van der Waals surface area contributed by atoms with Crippen LogP contribution >= 0.6 is 35.1 Å². The van der Waals surface area contributed by atoms with Crippen molar-refractivity contribution >= 4 is 82.5 Å². The molecule has 5 amide bonds. The van der Waals surface area contributed by atoms with Crippen LogP contribution in [0.2, 0.25) is 0 Å². The second-order valence-electron chi connectivity index (χ2n) is 27.5. The SMILES string of the molecule is Cc1ncsc1-c1ccc([C@H](C)NC(=O)[C@@H]2C[C@@H](O)CN2C(=O)[C@@H](N)C(C)(C)C)cc1.Cc1ncsc1-c1ccc([C@H](C)NC(=O)[C@@H]2C[C@@H](O)CN2C(=O)[C@@H](NC(=O)CCOCCOCCOCCOCCOCCC(=O)O)C(C)(C)C)cc1.Cl.O=C(O)CCOCCOCCOCCOCCOCCC(=O)O.[HH].[HH]. The van der Waals surface area contributed by atoms with Gasteiger partial charge in [-0.3, -0.25) is 38.4 Å². The van der Waals surface area contributed by atoms with Crippen LogP contribution in [0.1, 0.15) is 131 Å². The number of benzene rings is 2. The average Bonchev–Trinajstić information content (AvgIpc) is 1.63. The second-order valence-corrected chi connectivity index (χ2v) is 29.3. The molecule has 4 heterocycles. The van der Waals surface area contributed by atoms with E-state index >= 15 is 0 Å². The maximum atomic E-state index is 13.9. The number of aliphatic hydroxyl groups is 2. The molecule has 0 unspecified atom stereocenters. The van der Waals surface area contributed by atoms with Crippen LogP contribution in [0.25, 0.3) is 20.9 Å². The van der Waals surface area contributed by atoms with E-state index in [1.165, 1.54) is 9.80 Å². The van der Waals surface area contributed by atoms with Crippen LogP contribution in [-0.4, -0.2) is 274 Å². The number of aromatic nitrogens is 2. The third kappa shape index (κ3) is 36.8. The van der Waals surface area contributed by atoms with Gasteiger partial charge in [0.15, 0.2) is 0 Å². The number of halogens is 1. The Kier molecular flexibility index (Phi) is 45.6. The number of nitrogens with two attached hydrogens (primary N) is 1. The number of carboxylic acids is 3. The first-order valence-electron chi connectivity index (χ1n) is 36.0. The van der Waals surface area contributed by atoms with Crippen LogP contribution in [0.5, 0.6) is 0 Å². The minimum atomic E-state index is -0.929. The first kappa shape index (κ1) is 95.4. The molecule has 34 heteroatoms. The molecule has 8 atom stereocenters. The van der Waals surface area contributed by atoms with Crippen LogP contribution in [0.4, 0.5) is 0 Å². The van der Waals surface area contributed by atoms with Gasteiger partial charge in [-0.25, -0.2) is 9.97 Å². The number of nitrogens with one attached hydrogen (secondary N) is 3. The maximum absolute atomic E-state index is 13.9. The number of hydrogen-bond acceptors (Lipinski definition) is 25. The Hall–Kier alpha value is -6.77. The Labute approximate surface area is 650 Å². The lowest BCUT2D eigenvalue weighted by molar-refractivity contribution is -0.144. The normalized spacial score (nSPS) is 16.7. The number of nitrogens with zero attached hydrogens (tertiary/aromatic N) is 4. The molecule has 108 heavy (non-hydrogen) atoms. The minimum Gasteiger partial charge on any atom is -0.481 e. The molecule has 2 saturated heterocycles. The van der Waals surface area contributed by atoms with E-state index in [1.807, 2.05) is 129 Å². The van der Waals surface area contributed by atoms with Gasteiger partial charge in [0.25, 0.3) is 0 Å². The van der Waals surface area contributed by atoms with Gasteiger partial charge >= 0.3 is 17.9 Å². The highest BCUT2D eigenvalue weighted by molar-refractivity contribution is 7.13. The van der Waals surface area contributed by atoms with Crippen LogP contribution in [0.3, 0.4) is 0 Å². The minimum absolute atomic E-state index is 0. The van der Waals surface area contributed by atoms with E-state index in [-0.39, 0.29) is 136 Å². The van der Waals surface area contributed by atoms with Crippen molar-refractivity contribution < 1.29 is 114 Å². The van der Waals surface area contributed by atoms with Gasteiger partial charge in [0.2, 0.25) is 29.5 Å². The summed E-state index contributed by atoms with van der Waals surface area (Å²) in [6.45, 7) is 25.7. The third-order valence-electron chi connectivity index (χ3n) is 16.7. The van der Waals surface area contributed by atoms with E-state index in [9.17, 15) is 48.6 Å². The molecule has 2 aliphatic heterocycles. The molecular weight excluding hydrogens is 1470 g/mol. The molecule has 0 bridgehead atoms. The molecule has 2 aromatic heterocycles. The fraction of sp³-hybridized carbons (Fsp3) is 0.649. The predicted molar refractivity (Wildman–Crippen MR) is 410 cm³/mol. The molecule has 2 fully saturated rings. The largest absolute Gasteiger partial charge is 0.481 e. The molecule has 612 valence electrons. The third-order valence-corrected chi connectivity index (χ3v) is 18.7. The molecule has 2 aliphatic rings. The average molecular weight is 1590 g/mol. The van der Waals surface area contributed by atoms with Crippen LogP contribution < -0.4 is 21.7 Å². The number of carboxylic acid groups (broad SMARTS) is 3. The lowest BCUT2D eigenvalue weighted by Gasteiger charge is -2.35. The number of rotatable bonds is 47. The zero-order valence-corrected chi connectivity index (χ0v) is 66.3. The summed E-state index contributed by atoms with van der Waals surface area (Å²) in [4.78, 5) is 111. The van der Waals surface area contributed by atoms with Crippen LogP contribution in [0.15, 0.2) is 59.6 Å². The van der Waals surface area contributed by atoms with E-state index in [2.05, 4.69) is 25.9 Å².